The summed E-state index contributed by atoms with van der Waals surface area (Å²) in [6.45, 7) is 4.07. The SMILES string of the molecule is Cc1cc(NC2=CC(=O)CCC2)c(-n2cc3c(=O)n(C)c(=O)n(C)c3c2)cc1C. The van der Waals surface area contributed by atoms with Gasteiger partial charge in [-0.25, -0.2) is 4.79 Å². The first kappa shape index (κ1) is 19.0. The lowest BCUT2D eigenvalue weighted by Gasteiger charge is -2.19. The summed E-state index contributed by atoms with van der Waals surface area (Å²) in [5.41, 5.74) is 4.75. The van der Waals surface area contributed by atoms with Crippen LogP contribution in [0.4, 0.5) is 5.69 Å². The van der Waals surface area contributed by atoms with Gasteiger partial charge in [0.1, 0.15) is 0 Å². The molecule has 2 aromatic heterocycles. The molecule has 0 radical (unpaired) electrons. The second-order valence-electron chi connectivity index (χ2n) is 7.74. The first-order valence-corrected chi connectivity index (χ1v) is 9.66. The second-order valence-corrected chi connectivity index (χ2v) is 7.74. The molecule has 0 amide bonds. The Labute approximate surface area is 167 Å². The Morgan fingerprint density at radius 1 is 0.931 bits per heavy atom. The van der Waals surface area contributed by atoms with Crippen LogP contribution in [0.2, 0.25) is 0 Å². The third-order valence-electron chi connectivity index (χ3n) is 5.67. The molecule has 150 valence electrons. The molecule has 2 heterocycles. The molecule has 7 nitrogen and oxygen atoms in total. The molecule has 0 atom stereocenters. The Kier molecular flexibility index (Phi) is 4.53. The van der Waals surface area contributed by atoms with E-state index in [0.717, 1.165) is 45.6 Å². The van der Waals surface area contributed by atoms with E-state index in [9.17, 15) is 14.4 Å². The van der Waals surface area contributed by atoms with Crippen LogP contribution in [0, 0.1) is 13.8 Å². The average Bonchev–Trinajstić information content (AvgIpc) is 3.13. The van der Waals surface area contributed by atoms with Crippen molar-refractivity contribution >= 4 is 22.4 Å². The molecular formula is C22H24N4O3. The lowest BCUT2D eigenvalue weighted by Crippen LogP contribution is -2.36. The monoisotopic (exact) mass is 392 g/mol. The molecule has 0 spiro atoms. The first-order valence-electron chi connectivity index (χ1n) is 9.66. The van der Waals surface area contributed by atoms with Crippen LogP contribution in [0.1, 0.15) is 30.4 Å². The molecule has 3 aromatic rings. The van der Waals surface area contributed by atoms with Crippen molar-refractivity contribution in [2.75, 3.05) is 5.32 Å². The van der Waals surface area contributed by atoms with Crippen molar-refractivity contribution in [1.82, 2.24) is 13.7 Å². The van der Waals surface area contributed by atoms with Crippen LogP contribution in [-0.2, 0) is 18.9 Å². The van der Waals surface area contributed by atoms with Gasteiger partial charge < -0.3 is 9.88 Å². The van der Waals surface area contributed by atoms with Crippen LogP contribution < -0.4 is 16.6 Å². The molecule has 29 heavy (non-hydrogen) atoms. The number of rotatable bonds is 3. The lowest BCUT2D eigenvalue weighted by molar-refractivity contribution is -0.115. The summed E-state index contributed by atoms with van der Waals surface area (Å²) in [6.07, 6.45) is 7.48. The van der Waals surface area contributed by atoms with E-state index in [-0.39, 0.29) is 17.0 Å². The predicted molar refractivity (Wildman–Crippen MR) is 114 cm³/mol. The number of carbonyl (C=O) groups excluding carboxylic acids is 1. The fraction of sp³-hybridized carbons (Fsp3) is 0.318. The van der Waals surface area contributed by atoms with Crippen molar-refractivity contribution in [3.05, 3.63) is 68.3 Å². The summed E-state index contributed by atoms with van der Waals surface area (Å²) in [5.74, 6) is 0.134. The Morgan fingerprint density at radius 3 is 2.38 bits per heavy atom. The van der Waals surface area contributed by atoms with Crippen LogP contribution in [0.5, 0.6) is 0 Å². The van der Waals surface area contributed by atoms with Gasteiger partial charge in [-0.1, -0.05) is 0 Å². The molecule has 0 fully saturated rings. The number of benzene rings is 1. The molecule has 0 aliphatic heterocycles. The van der Waals surface area contributed by atoms with E-state index in [0.29, 0.717) is 17.3 Å². The zero-order valence-electron chi connectivity index (χ0n) is 17.1. The van der Waals surface area contributed by atoms with Crippen molar-refractivity contribution in [2.45, 2.75) is 33.1 Å². The number of allylic oxidation sites excluding steroid dienone is 2. The van der Waals surface area contributed by atoms with Crippen LogP contribution in [0.3, 0.4) is 0 Å². The van der Waals surface area contributed by atoms with Gasteiger partial charge in [0, 0.05) is 44.7 Å². The van der Waals surface area contributed by atoms with Crippen LogP contribution in [0.25, 0.3) is 16.6 Å². The number of nitrogens with one attached hydrogen (secondary N) is 1. The quantitative estimate of drug-likeness (QED) is 0.743. The van der Waals surface area contributed by atoms with Gasteiger partial charge in [0.2, 0.25) is 0 Å². The van der Waals surface area contributed by atoms with Gasteiger partial charge in [-0.15, -0.1) is 0 Å². The topological polar surface area (TPSA) is 78.0 Å². The molecular weight excluding hydrogens is 368 g/mol. The number of hydrogen-bond donors (Lipinski definition) is 1. The van der Waals surface area contributed by atoms with Gasteiger partial charge >= 0.3 is 5.69 Å². The van der Waals surface area contributed by atoms with E-state index in [4.69, 9.17) is 0 Å². The smallest absolute Gasteiger partial charge is 0.330 e. The normalized spacial score (nSPS) is 14.3. The zero-order chi connectivity index (χ0) is 20.9. The first-order chi connectivity index (χ1) is 13.8. The average molecular weight is 392 g/mol. The fourth-order valence-electron chi connectivity index (χ4n) is 3.79. The highest BCUT2D eigenvalue weighted by Crippen LogP contribution is 2.29. The number of aromatic nitrogens is 3. The highest BCUT2D eigenvalue weighted by molar-refractivity contribution is 5.92. The number of ketones is 1. The summed E-state index contributed by atoms with van der Waals surface area (Å²) < 4.78 is 4.46. The Bertz CT molecular complexity index is 1300. The molecule has 4 rings (SSSR count). The van der Waals surface area contributed by atoms with E-state index in [2.05, 4.69) is 5.32 Å². The number of nitrogens with zero attached hydrogens (tertiary/aromatic N) is 3. The molecule has 1 aromatic carbocycles. The maximum absolute atomic E-state index is 12.6. The summed E-state index contributed by atoms with van der Waals surface area (Å²) in [7, 11) is 3.14. The van der Waals surface area contributed by atoms with Crippen molar-refractivity contribution in [1.29, 1.82) is 0 Å². The molecule has 1 aliphatic rings. The molecule has 0 bridgehead atoms. The third kappa shape index (κ3) is 3.22. The molecule has 0 unspecified atom stereocenters. The van der Waals surface area contributed by atoms with Crippen LogP contribution >= 0.6 is 0 Å². The molecule has 0 saturated heterocycles. The molecule has 7 heteroatoms. The van der Waals surface area contributed by atoms with Gasteiger partial charge in [-0.3, -0.25) is 18.7 Å². The van der Waals surface area contributed by atoms with E-state index in [1.165, 1.54) is 11.6 Å². The highest BCUT2D eigenvalue weighted by atomic mass is 16.2. The Hall–Kier alpha value is -3.35. The number of carbonyl (C=O) groups is 1. The van der Waals surface area contributed by atoms with Gasteiger partial charge in [-0.2, -0.15) is 0 Å². The zero-order valence-corrected chi connectivity index (χ0v) is 17.1. The van der Waals surface area contributed by atoms with Crippen LogP contribution in [0.15, 0.2) is 45.9 Å². The largest absolute Gasteiger partial charge is 0.357 e. The second kappa shape index (κ2) is 6.92. The number of anilines is 1. The highest BCUT2D eigenvalue weighted by Gasteiger charge is 2.16. The van der Waals surface area contributed by atoms with E-state index < -0.39 is 0 Å². The van der Waals surface area contributed by atoms with Crippen LogP contribution in [-0.4, -0.2) is 19.5 Å². The standard InChI is InChI=1S/C22H24N4O3/c1-13-8-18(23-15-6-5-7-16(27)10-15)19(9-14(13)2)26-11-17-20(12-26)24(3)22(29)25(4)21(17)28/h8-12,23H,5-7H2,1-4H3. The maximum atomic E-state index is 12.6. The number of fused-ring (bicyclic) bond motifs is 1. The summed E-state index contributed by atoms with van der Waals surface area (Å²) in [4.78, 5) is 36.7. The van der Waals surface area contributed by atoms with E-state index >= 15 is 0 Å². The van der Waals surface area contributed by atoms with Gasteiger partial charge in [-0.05, 0) is 49.9 Å². The third-order valence-corrected chi connectivity index (χ3v) is 5.67. The van der Waals surface area contributed by atoms with Crippen molar-refractivity contribution in [3.8, 4) is 5.69 Å². The Balaban J connectivity index is 1.91. The van der Waals surface area contributed by atoms with E-state index in [1.54, 1.807) is 25.5 Å². The van der Waals surface area contributed by atoms with Gasteiger partial charge in [0.25, 0.3) is 5.56 Å². The molecule has 1 aliphatic carbocycles. The van der Waals surface area contributed by atoms with Crippen molar-refractivity contribution in [2.24, 2.45) is 14.1 Å². The lowest BCUT2D eigenvalue weighted by atomic mass is 10.0. The minimum atomic E-state index is -0.357. The minimum absolute atomic E-state index is 0.134. The van der Waals surface area contributed by atoms with Gasteiger partial charge in [0.05, 0.1) is 22.3 Å². The molecule has 1 N–H and O–H groups in total. The summed E-state index contributed by atoms with van der Waals surface area (Å²) in [6, 6.07) is 4.09. The van der Waals surface area contributed by atoms with Gasteiger partial charge in [0.15, 0.2) is 5.78 Å². The van der Waals surface area contributed by atoms with Crippen molar-refractivity contribution < 1.29 is 4.79 Å². The molecule has 0 saturated carbocycles. The Morgan fingerprint density at radius 2 is 1.66 bits per heavy atom. The predicted octanol–water partition coefficient (Wildman–Crippen LogP) is 2.69. The summed E-state index contributed by atoms with van der Waals surface area (Å²) >= 11 is 0. The fourth-order valence-corrected chi connectivity index (χ4v) is 3.79. The van der Waals surface area contributed by atoms with Crippen molar-refractivity contribution in [3.63, 3.8) is 0 Å². The minimum Gasteiger partial charge on any atom is -0.357 e. The summed E-state index contributed by atoms with van der Waals surface area (Å²) in [5, 5.41) is 3.89. The number of hydrogen-bond acceptors (Lipinski definition) is 4. The number of aryl methyl sites for hydroxylation is 3. The van der Waals surface area contributed by atoms with E-state index in [1.807, 2.05) is 30.5 Å². The maximum Gasteiger partial charge on any atom is 0.330 e.